The van der Waals surface area contributed by atoms with E-state index >= 15 is 0 Å². The molecule has 0 amide bonds. The number of ketones is 1. The summed E-state index contributed by atoms with van der Waals surface area (Å²) in [6.45, 7) is 1.75. The lowest BCUT2D eigenvalue weighted by molar-refractivity contribution is 0.0930. The van der Waals surface area contributed by atoms with Crippen LogP contribution >= 0.6 is 0 Å². The van der Waals surface area contributed by atoms with Crippen LogP contribution in [-0.2, 0) is 0 Å². The predicted molar refractivity (Wildman–Crippen MR) is 75.8 cm³/mol. The Morgan fingerprint density at radius 3 is 2.74 bits per heavy atom. The van der Waals surface area contributed by atoms with Gasteiger partial charge in [-0.3, -0.25) is 4.79 Å². The second kappa shape index (κ2) is 5.02. The largest absolute Gasteiger partial charge is 0.497 e. The van der Waals surface area contributed by atoms with Gasteiger partial charge in [0.1, 0.15) is 5.75 Å². The van der Waals surface area contributed by atoms with Crippen LogP contribution < -0.4 is 10.1 Å². The van der Waals surface area contributed by atoms with E-state index in [-0.39, 0.29) is 11.7 Å². The third kappa shape index (κ3) is 2.34. The fourth-order valence-corrected chi connectivity index (χ4v) is 2.62. The van der Waals surface area contributed by atoms with Crippen molar-refractivity contribution < 1.29 is 9.53 Å². The van der Waals surface area contributed by atoms with Crippen LogP contribution in [0.4, 0.5) is 0 Å². The average molecular weight is 255 g/mol. The molecule has 1 atom stereocenters. The van der Waals surface area contributed by atoms with Gasteiger partial charge in [0, 0.05) is 18.0 Å². The molecule has 98 valence electrons. The number of ether oxygens (including phenoxy) is 1. The quantitative estimate of drug-likeness (QED) is 0.857. The summed E-state index contributed by atoms with van der Waals surface area (Å²) in [6, 6.07) is 11.8. The predicted octanol–water partition coefficient (Wildman–Crippen LogP) is 2.64. The summed E-state index contributed by atoms with van der Waals surface area (Å²) in [7, 11) is 1.66. The molecule has 0 aromatic heterocycles. The van der Waals surface area contributed by atoms with Crippen LogP contribution in [0.2, 0.25) is 0 Å². The third-order valence-corrected chi connectivity index (χ3v) is 3.76. The molecular weight excluding hydrogens is 238 g/mol. The summed E-state index contributed by atoms with van der Waals surface area (Å²) in [4.78, 5) is 12.3. The number of carbonyl (C=O) groups excluding carboxylic acids is 1. The van der Waals surface area contributed by atoms with Crippen molar-refractivity contribution in [2.45, 2.75) is 6.42 Å². The van der Waals surface area contributed by atoms with E-state index in [1.54, 1.807) is 7.11 Å². The van der Waals surface area contributed by atoms with Crippen LogP contribution in [0.5, 0.6) is 5.75 Å². The SMILES string of the molecule is COc1ccc2cc(C(=O)C3CCNC3)ccc2c1. The lowest BCUT2D eigenvalue weighted by Crippen LogP contribution is -2.17. The molecule has 1 saturated heterocycles. The zero-order valence-corrected chi connectivity index (χ0v) is 11.0. The van der Waals surface area contributed by atoms with Gasteiger partial charge in [-0.1, -0.05) is 18.2 Å². The Balaban J connectivity index is 1.95. The second-order valence-corrected chi connectivity index (χ2v) is 4.98. The molecule has 3 nitrogen and oxygen atoms in total. The highest BCUT2D eigenvalue weighted by molar-refractivity contribution is 6.01. The highest BCUT2D eigenvalue weighted by Gasteiger charge is 2.23. The van der Waals surface area contributed by atoms with Crippen LogP contribution in [0.3, 0.4) is 0 Å². The van der Waals surface area contributed by atoms with Gasteiger partial charge in [0.05, 0.1) is 7.11 Å². The van der Waals surface area contributed by atoms with Gasteiger partial charge in [-0.05, 0) is 41.9 Å². The maximum atomic E-state index is 12.3. The molecule has 2 aromatic rings. The van der Waals surface area contributed by atoms with Crippen LogP contribution in [0.25, 0.3) is 10.8 Å². The van der Waals surface area contributed by atoms with Crippen molar-refractivity contribution in [3.05, 3.63) is 42.0 Å². The number of fused-ring (bicyclic) bond motifs is 1. The molecular formula is C16H17NO2. The minimum atomic E-state index is 0.135. The number of rotatable bonds is 3. The van der Waals surface area contributed by atoms with Gasteiger partial charge in [0.15, 0.2) is 5.78 Å². The van der Waals surface area contributed by atoms with Gasteiger partial charge in [0.2, 0.25) is 0 Å². The molecule has 0 saturated carbocycles. The summed E-state index contributed by atoms with van der Waals surface area (Å²) in [6.07, 6.45) is 0.944. The minimum Gasteiger partial charge on any atom is -0.497 e. The van der Waals surface area contributed by atoms with Gasteiger partial charge in [-0.25, -0.2) is 0 Å². The Kier molecular flexibility index (Phi) is 3.22. The van der Waals surface area contributed by atoms with Gasteiger partial charge >= 0.3 is 0 Å². The molecule has 3 heteroatoms. The number of hydrogen-bond acceptors (Lipinski definition) is 3. The number of Topliss-reactive ketones (excluding diaryl/α,β-unsaturated/α-hetero) is 1. The molecule has 3 rings (SSSR count). The van der Waals surface area contributed by atoms with Gasteiger partial charge in [-0.2, -0.15) is 0 Å². The Labute approximate surface area is 112 Å². The number of nitrogens with one attached hydrogen (secondary N) is 1. The zero-order chi connectivity index (χ0) is 13.2. The van der Waals surface area contributed by atoms with E-state index in [4.69, 9.17) is 4.74 Å². The zero-order valence-electron chi connectivity index (χ0n) is 11.0. The van der Waals surface area contributed by atoms with Crippen LogP contribution in [-0.4, -0.2) is 26.0 Å². The van der Waals surface area contributed by atoms with E-state index in [1.165, 1.54) is 0 Å². The molecule has 0 aliphatic carbocycles. The third-order valence-electron chi connectivity index (χ3n) is 3.76. The smallest absolute Gasteiger partial charge is 0.167 e. The number of methoxy groups -OCH3 is 1. The van der Waals surface area contributed by atoms with Gasteiger partial charge in [-0.15, -0.1) is 0 Å². The molecule has 0 radical (unpaired) electrons. The summed E-state index contributed by atoms with van der Waals surface area (Å²) in [5.74, 6) is 1.23. The van der Waals surface area contributed by atoms with E-state index < -0.39 is 0 Å². The van der Waals surface area contributed by atoms with E-state index in [9.17, 15) is 4.79 Å². The lowest BCUT2D eigenvalue weighted by Gasteiger charge is -2.09. The molecule has 1 aliphatic heterocycles. The van der Waals surface area contributed by atoms with Crippen LogP contribution in [0.15, 0.2) is 36.4 Å². The fraction of sp³-hybridized carbons (Fsp3) is 0.312. The molecule has 0 bridgehead atoms. The summed E-state index contributed by atoms with van der Waals surface area (Å²) in [5.41, 5.74) is 0.811. The minimum absolute atomic E-state index is 0.135. The van der Waals surface area contributed by atoms with E-state index in [2.05, 4.69) is 5.32 Å². The van der Waals surface area contributed by atoms with Crippen molar-refractivity contribution >= 4 is 16.6 Å². The summed E-state index contributed by atoms with van der Waals surface area (Å²) in [5, 5.41) is 5.42. The standard InChI is InChI=1S/C16H17NO2/c1-19-15-5-4-11-8-13(3-2-12(11)9-15)16(18)14-6-7-17-10-14/h2-5,8-9,14,17H,6-7,10H2,1H3. The first kappa shape index (κ1) is 12.2. The maximum Gasteiger partial charge on any atom is 0.167 e. The van der Waals surface area contributed by atoms with E-state index in [0.29, 0.717) is 0 Å². The van der Waals surface area contributed by atoms with Crippen molar-refractivity contribution in [2.24, 2.45) is 5.92 Å². The number of carbonyl (C=O) groups is 1. The van der Waals surface area contributed by atoms with Crippen molar-refractivity contribution in [2.75, 3.05) is 20.2 Å². The highest BCUT2D eigenvalue weighted by atomic mass is 16.5. The van der Waals surface area contributed by atoms with Crippen molar-refractivity contribution in [3.8, 4) is 5.75 Å². The van der Waals surface area contributed by atoms with Crippen molar-refractivity contribution in [1.29, 1.82) is 0 Å². The molecule has 1 aliphatic rings. The van der Waals surface area contributed by atoms with Gasteiger partial charge < -0.3 is 10.1 Å². The average Bonchev–Trinajstić information content (AvgIpc) is 2.99. The molecule has 1 fully saturated rings. The Morgan fingerprint density at radius 2 is 2.00 bits per heavy atom. The van der Waals surface area contributed by atoms with Crippen molar-refractivity contribution in [1.82, 2.24) is 5.32 Å². The van der Waals surface area contributed by atoms with Crippen LogP contribution in [0, 0.1) is 5.92 Å². The normalized spacial score (nSPS) is 18.7. The van der Waals surface area contributed by atoms with E-state index in [0.717, 1.165) is 41.6 Å². The first-order valence-electron chi connectivity index (χ1n) is 6.60. The fourth-order valence-electron chi connectivity index (χ4n) is 2.62. The maximum absolute atomic E-state index is 12.3. The lowest BCUT2D eigenvalue weighted by atomic mass is 9.95. The second-order valence-electron chi connectivity index (χ2n) is 4.98. The van der Waals surface area contributed by atoms with E-state index in [1.807, 2.05) is 36.4 Å². The first-order chi connectivity index (χ1) is 9.28. The highest BCUT2D eigenvalue weighted by Crippen LogP contribution is 2.24. The summed E-state index contributed by atoms with van der Waals surface area (Å²) >= 11 is 0. The topological polar surface area (TPSA) is 38.3 Å². The van der Waals surface area contributed by atoms with Crippen LogP contribution in [0.1, 0.15) is 16.8 Å². The molecule has 1 unspecified atom stereocenters. The molecule has 1 N–H and O–H groups in total. The molecule has 2 aromatic carbocycles. The monoisotopic (exact) mass is 255 g/mol. The number of hydrogen-bond donors (Lipinski definition) is 1. The molecule has 1 heterocycles. The Bertz CT molecular complexity index is 615. The Morgan fingerprint density at radius 1 is 1.21 bits per heavy atom. The van der Waals surface area contributed by atoms with Gasteiger partial charge in [0.25, 0.3) is 0 Å². The first-order valence-corrected chi connectivity index (χ1v) is 6.60. The summed E-state index contributed by atoms with van der Waals surface area (Å²) < 4.78 is 5.21. The molecule has 0 spiro atoms. The molecule has 19 heavy (non-hydrogen) atoms. The Hall–Kier alpha value is -1.87. The van der Waals surface area contributed by atoms with Crippen molar-refractivity contribution in [3.63, 3.8) is 0 Å². The number of benzene rings is 2.